The summed E-state index contributed by atoms with van der Waals surface area (Å²) >= 11 is 0. The predicted octanol–water partition coefficient (Wildman–Crippen LogP) is 2.07. The Balaban J connectivity index is 2.52. The SMILES string of the molecule is CC(C)[C@@H](NC(=O)OCc1ccccc1)P(=O)(O)O. The average Bonchev–Trinajstić information content (AvgIpc) is 2.33. The molecule has 0 aliphatic rings. The molecule has 3 N–H and O–H groups in total. The Morgan fingerprint density at radius 3 is 2.37 bits per heavy atom. The highest BCUT2D eigenvalue weighted by Gasteiger charge is 2.33. The Hall–Kier alpha value is -1.36. The Labute approximate surface area is 111 Å². The van der Waals surface area contributed by atoms with Gasteiger partial charge < -0.3 is 19.8 Å². The molecule has 0 aromatic heterocycles. The highest BCUT2D eigenvalue weighted by molar-refractivity contribution is 7.52. The maximum absolute atomic E-state index is 11.5. The molecule has 0 bridgehead atoms. The van der Waals surface area contributed by atoms with Crippen LogP contribution in [0.4, 0.5) is 4.79 Å². The Morgan fingerprint density at radius 2 is 1.89 bits per heavy atom. The van der Waals surface area contributed by atoms with Crippen molar-refractivity contribution < 1.29 is 23.9 Å². The van der Waals surface area contributed by atoms with Crippen LogP contribution in [0.25, 0.3) is 0 Å². The topological polar surface area (TPSA) is 95.9 Å². The molecule has 7 heteroatoms. The predicted molar refractivity (Wildman–Crippen MR) is 70.4 cm³/mol. The van der Waals surface area contributed by atoms with Crippen molar-refractivity contribution in [1.29, 1.82) is 0 Å². The number of carbonyl (C=O) groups excluding carboxylic acids is 1. The normalized spacial score (nSPS) is 13.1. The number of amides is 1. The third kappa shape index (κ3) is 5.42. The molecule has 0 unspecified atom stereocenters. The summed E-state index contributed by atoms with van der Waals surface area (Å²) in [6.07, 6.45) is -0.842. The first kappa shape index (κ1) is 15.7. The molecule has 1 aromatic rings. The van der Waals surface area contributed by atoms with E-state index in [-0.39, 0.29) is 6.61 Å². The van der Waals surface area contributed by atoms with E-state index < -0.39 is 25.4 Å². The number of hydrogen-bond donors (Lipinski definition) is 3. The van der Waals surface area contributed by atoms with E-state index in [4.69, 9.17) is 14.5 Å². The molecule has 106 valence electrons. The number of hydrogen-bond acceptors (Lipinski definition) is 3. The van der Waals surface area contributed by atoms with E-state index in [1.807, 2.05) is 18.2 Å². The number of alkyl carbamates (subject to hydrolysis) is 1. The average molecular weight is 287 g/mol. The van der Waals surface area contributed by atoms with E-state index in [0.717, 1.165) is 5.56 Å². The van der Waals surface area contributed by atoms with Gasteiger partial charge in [0.25, 0.3) is 0 Å². The molecular weight excluding hydrogens is 269 g/mol. The maximum Gasteiger partial charge on any atom is 0.408 e. The molecule has 0 saturated heterocycles. The van der Waals surface area contributed by atoms with Crippen molar-refractivity contribution in [2.45, 2.75) is 26.2 Å². The van der Waals surface area contributed by atoms with Gasteiger partial charge in [-0.1, -0.05) is 44.2 Å². The third-order valence-corrected chi connectivity index (χ3v) is 3.92. The number of benzene rings is 1. The summed E-state index contributed by atoms with van der Waals surface area (Å²) in [5.41, 5.74) is 0.801. The molecule has 0 saturated carbocycles. The fourth-order valence-corrected chi connectivity index (χ4v) is 2.58. The van der Waals surface area contributed by atoms with Crippen LogP contribution in [-0.4, -0.2) is 21.7 Å². The van der Waals surface area contributed by atoms with E-state index >= 15 is 0 Å². The minimum atomic E-state index is -4.39. The van der Waals surface area contributed by atoms with Crippen molar-refractivity contribution in [3.05, 3.63) is 35.9 Å². The van der Waals surface area contributed by atoms with E-state index in [0.29, 0.717) is 0 Å². The van der Waals surface area contributed by atoms with Crippen molar-refractivity contribution >= 4 is 13.7 Å². The van der Waals surface area contributed by atoms with Gasteiger partial charge in [0.15, 0.2) is 0 Å². The zero-order chi connectivity index (χ0) is 14.5. The largest absolute Gasteiger partial charge is 0.445 e. The first-order valence-corrected chi connectivity index (χ1v) is 7.51. The minimum Gasteiger partial charge on any atom is -0.445 e. The van der Waals surface area contributed by atoms with Crippen molar-refractivity contribution in [2.75, 3.05) is 0 Å². The molecule has 1 atom stereocenters. The van der Waals surface area contributed by atoms with Gasteiger partial charge in [0.05, 0.1) is 0 Å². The summed E-state index contributed by atoms with van der Waals surface area (Å²) in [4.78, 5) is 29.7. The van der Waals surface area contributed by atoms with Crippen molar-refractivity contribution in [3.63, 3.8) is 0 Å². The number of nitrogens with one attached hydrogen (secondary N) is 1. The van der Waals surface area contributed by atoms with Gasteiger partial charge in [-0.3, -0.25) is 4.57 Å². The lowest BCUT2D eigenvalue weighted by Gasteiger charge is -2.22. The Bertz CT molecular complexity index is 456. The van der Waals surface area contributed by atoms with Gasteiger partial charge in [-0.25, -0.2) is 4.79 Å². The van der Waals surface area contributed by atoms with Crippen molar-refractivity contribution in [3.8, 4) is 0 Å². The van der Waals surface area contributed by atoms with Gasteiger partial charge in [0.2, 0.25) is 0 Å². The highest BCUT2D eigenvalue weighted by Crippen LogP contribution is 2.43. The lowest BCUT2D eigenvalue weighted by molar-refractivity contribution is 0.135. The summed E-state index contributed by atoms with van der Waals surface area (Å²) in [5.74, 6) is -1.64. The second-order valence-electron chi connectivity index (χ2n) is 4.48. The lowest BCUT2D eigenvalue weighted by Crippen LogP contribution is -2.38. The molecule has 1 aromatic carbocycles. The van der Waals surface area contributed by atoms with Gasteiger partial charge in [-0.2, -0.15) is 0 Å². The monoisotopic (exact) mass is 287 g/mol. The van der Waals surface area contributed by atoms with E-state index in [2.05, 4.69) is 5.32 Å². The Morgan fingerprint density at radius 1 is 1.32 bits per heavy atom. The van der Waals surface area contributed by atoms with Crippen LogP contribution in [0.5, 0.6) is 0 Å². The summed E-state index contributed by atoms with van der Waals surface area (Å²) in [6.45, 7) is 3.28. The highest BCUT2D eigenvalue weighted by atomic mass is 31.2. The number of rotatable bonds is 5. The molecular formula is C12H18NO5P. The smallest absolute Gasteiger partial charge is 0.408 e. The van der Waals surface area contributed by atoms with Crippen LogP contribution in [0.2, 0.25) is 0 Å². The number of ether oxygens (including phenoxy) is 1. The summed E-state index contributed by atoms with van der Waals surface area (Å²) in [7, 11) is -4.39. The standard InChI is InChI=1S/C12H18NO5P/c1-9(2)11(19(15,16)17)13-12(14)18-8-10-6-4-3-5-7-10/h3-7,9,11H,8H2,1-2H3,(H,13,14)(H2,15,16,17)/t11-/m0/s1. The fourth-order valence-electron chi connectivity index (χ4n) is 1.52. The lowest BCUT2D eigenvalue weighted by atomic mass is 10.2. The zero-order valence-corrected chi connectivity index (χ0v) is 11.7. The third-order valence-electron chi connectivity index (χ3n) is 2.47. The second kappa shape index (κ2) is 6.70. The molecule has 0 radical (unpaired) electrons. The fraction of sp³-hybridized carbons (Fsp3) is 0.417. The van der Waals surface area contributed by atoms with Crippen LogP contribution in [-0.2, 0) is 15.9 Å². The van der Waals surface area contributed by atoms with Crippen molar-refractivity contribution in [2.24, 2.45) is 5.92 Å². The van der Waals surface area contributed by atoms with E-state index in [1.165, 1.54) is 0 Å². The van der Waals surface area contributed by atoms with Crippen LogP contribution >= 0.6 is 7.60 Å². The minimum absolute atomic E-state index is 0.0542. The van der Waals surface area contributed by atoms with Crippen LogP contribution in [0.15, 0.2) is 30.3 Å². The summed E-state index contributed by atoms with van der Waals surface area (Å²) in [6, 6.07) is 9.03. The molecule has 6 nitrogen and oxygen atoms in total. The zero-order valence-electron chi connectivity index (χ0n) is 10.8. The molecule has 0 heterocycles. The molecule has 0 aliphatic carbocycles. The van der Waals surface area contributed by atoms with Gasteiger partial charge >= 0.3 is 13.7 Å². The van der Waals surface area contributed by atoms with Gasteiger partial charge in [-0.05, 0) is 11.5 Å². The van der Waals surface area contributed by atoms with Gasteiger partial charge in [-0.15, -0.1) is 0 Å². The van der Waals surface area contributed by atoms with Crippen LogP contribution in [0, 0.1) is 5.92 Å². The maximum atomic E-state index is 11.5. The van der Waals surface area contributed by atoms with Crippen LogP contribution in [0.3, 0.4) is 0 Å². The van der Waals surface area contributed by atoms with Crippen LogP contribution in [0.1, 0.15) is 19.4 Å². The van der Waals surface area contributed by atoms with Crippen LogP contribution < -0.4 is 5.32 Å². The quantitative estimate of drug-likeness (QED) is 0.720. The second-order valence-corrected chi connectivity index (χ2v) is 6.22. The van der Waals surface area contributed by atoms with E-state index in [1.54, 1.807) is 26.0 Å². The molecule has 0 spiro atoms. The first-order chi connectivity index (χ1) is 8.80. The summed E-state index contributed by atoms with van der Waals surface area (Å²) in [5, 5.41) is 2.20. The molecule has 1 amide bonds. The summed E-state index contributed by atoms with van der Waals surface area (Å²) < 4.78 is 16.1. The first-order valence-electron chi connectivity index (χ1n) is 5.83. The van der Waals surface area contributed by atoms with Gasteiger partial charge in [0, 0.05) is 0 Å². The molecule has 0 fully saturated rings. The van der Waals surface area contributed by atoms with E-state index in [9.17, 15) is 9.36 Å². The van der Waals surface area contributed by atoms with Crippen molar-refractivity contribution in [1.82, 2.24) is 5.32 Å². The number of carbonyl (C=O) groups is 1. The molecule has 0 aliphatic heterocycles. The molecule has 1 rings (SSSR count). The Kier molecular flexibility index (Phi) is 5.54. The molecule has 19 heavy (non-hydrogen) atoms. The van der Waals surface area contributed by atoms with Gasteiger partial charge in [0.1, 0.15) is 12.4 Å².